The zero-order valence-electron chi connectivity index (χ0n) is 10.7. The van der Waals surface area contributed by atoms with Gasteiger partial charge in [0.25, 0.3) is 0 Å². The first-order chi connectivity index (χ1) is 9.11. The number of carbonyl (C=O) groups is 1. The van der Waals surface area contributed by atoms with Crippen LogP contribution in [-0.4, -0.2) is 29.7 Å². The second-order valence-corrected chi connectivity index (χ2v) is 5.72. The zero-order chi connectivity index (χ0) is 13.8. The van der Waals surface area contributed by atoms with E-state index in [9.17, 15) is 4.79 Å². The summed E-state index contributed by atoms with van der Waals surface area (Å²) in [5.74, 6) is 0.116. The van der Waals surface area contributed by atoms with Crippen molar-refractivity contribution in [2.24, 2.45) is 5.73 Å². The summed E-state index contributed by atoms with van der Waals surface area (Å²) in [4.78, 5) is 12.6. The van der Waals surface area contributed by atoms with Crippen molar-refractivity contribution in [2.75, 3.05) is 18.1 Å². The maximum Gasteiger partial charge on any atom is 0.220 e. The van der Waals surface area contributed by atoms with E-state index in [1.54, 1.807) is 11.8 Å². The van der Waals surface area contributed by atoms with Gasteiger partial charge in [-0.25, -0.2) is 0 Å². The molecule has 1 aromatic carbocycles. The summed E-state index contributed by atoms with van der Waals surface area (Å²) in [6.07, 6.45) is 3.39. The number of rotatable bonds is 4. The SMILES string of the molecule is CSc1cccc(NC2CCC(=O)NC2)c1C(N)=S. The molecule has 2 rings (SSSR count). The van der Waals surface area contributed by atoms with Gasteiger partial charge in [0.1, 0.15) is 4.99 Å². The molecule has 0 bridgehead atoms. The van der Waals surface area contributed by atoms with Gasteiger partial charge < -0.3 is 16.4 Å². The molecular formula is C13H17N3OS2. The number of nitrogens with one attached hydrogen (secondary N) is 2. The monoisotopic (exact) mass is 295 g/mol. The molecule has 1 aromatic rings. The lowest BCUT2D eigenvalue weighted by molar-refractivity contribution is -0.122. The number of benzene rings is 1. The average molecular weight is 295 g/mol. The van der Waals surface area contributed by atoms with E-state index in [-0.39, 0.29) is 11.9 Å². The fourth-order valence-corrected chi connectivity index (χ4v) is 3.07. The normalized spacial score (nSPS) is 18.8. The highest BCUT2D eigenvalue weighted by molar-refractivity contribution is 7.98. The molecule has 1 amide bonds. The first-order valence-electron chi connectivity index (χ1n) is 6.12. The van der Waals surface area contributed by atoms with E-state index in [4.69, 9.17) is 18.0 Å². The molecule has 0 aromatic heterocycles. The average Bonchev–Trinajstić information content (AvgIpc) is 2.40. The van der Waals surface area contributed by atoms with Crippen LogP contribution in [0.4, 0.5) is 5.69 Å². The lowest BCUT2D eigenvalue weighted by Crippen LogP contribution is -2.42. The summed E-state index contributed by atoms with van der Waals surface area (Å²) in [5.41, 5.74) is 7.66. The van der Waals surface area contributed by atoms with Crippen LogP contribution in [0.3, 0.4) is 0 Å². The number of thioether (sulfide) groups is 1. The molecule has 0 radical (unpaired) electrons. The summed E-state index contributed by atoms with van der Waals surface area (Å²) in [6, 6.07) is 6.19. The Kier molecular flexibility index (Phi) is 4.66. The van der Waals surface area contributed by atoms with Gasteiger partial charge in [-0.15, -0.1) is 11.8 Å². The molecule has 4 N–H and O–H groups in total. The summed E-state index contributed by atoms with van der Waals surface area (Å²) in [7, 11) is 0. The molecule has 102 valence electrons. The van der Waals surface area contributed by atoms with Crippen molar-refractivity contribution in [3.05, 3.63) is 23.8 Å². The van der Waals surface area contributed by atoms with E-state index in [0.29, 0.717) is 18.0 Å². The van der Waals surface area contributed by atoms with Gasteiger partial charge in [0.2, 0.25) is 5.91 Å². The fraction of sp³-hybridized carbons (Fsp3) is 0.385. The number of piperidine rings is 1. The predicted octanol–water partition coefficient (Wildman–Crippen LogP) is 1.73. The minimum Gasteiger partial charge on any atom is -0.389 e. The van der Waals surface area contributed by atoms with E-state index in [0.717, 1.165) is 22.6 Å². The first-order valence-corrected chi connectivity index (χ1v) is 7.75. The van der Waals surface area contributed by atoms with Crippen molar-refractivity contribution in [1.82, 2.24) is 5.32 Å². The second-order valence-electron chi connectivity index (χ2n) is 4.43. The standard InChI is InChI=1S/C13H17N3OS2/c1-19-10-4-2-3-9(12(10)13(14)18)16-8-5-6-11(17)15-7-8/h2-4,8,16H,5-7H2,1H3,(H2,14,18)(H,15,17). The number of anilines is 1. The van der Waals surface area contributed by atoms with Crippen LogP contribution in [0.15, 0.2) is 23.1 Å². The van der Waals surface area contributed by atoms with Gasteiger partial charge in [-0.05, 0) is 24.8 Å². The Morgan fingerprint density at radius 1 is 1.58 bits per heavy atom. The molecule has 0 saturated carbocycles. The van der Waals surface area contributed by atoms with Crippen molar-refractivity contribution in [3.63, 3.8) is 0 Å². The fourth-order valence-electron chi connectivity index (χ4n) is 2.15. The van der Waals surface area contributed by atoms with Crippen LogP contribution in [0.2, 0.25) is 0 Å². The molecule has 1 heterocycles. The highest BCUT2D eigenvalue weighted by Crippen LogP contribution is 2.28. The van der Waals surface area contributed by atoms with E-state index in [1.165, 1.54) is 0 Å². The van der Waals surface area contributed by atoms with Crippen molar-refractivity contribution in [3.8, 4) is 0 Å². The third-order valence-corrected chi connectivity index (χ3v) is 4.10. The van der Waals surface area contributed by atoms with E-state index >= 15 is 0 Å². The Bertz CT molecular complexity index is 495. The van der Waals surface area contributed by atoms with Crippen LogP contribution in [0, 0.1) is 0 Å². The Balaban J connectivity index is 2.20. The van der Waals surface area contributed by atoms with Gasteiger partial charge in [0.05, 0.1) is 0 Å². The van der Waals surface area contributed by atoms with Gasteiger partial charge in [-0.3, -0.25) is 4.79 Å². The number of hydrogen-bond donors (Lipinski definition) is 3. The highest BCUT2D eigenvalue weighted by Gasteiger charge is 2.19. The van der Waals surface area contributed by atoms with Crippen molar-refractivity contribution in [1.29, 1.82) is 0 Å². The quantitative estimate of drug-likeness (QED) is 0.583. The molecule has 1 fully saturated rings. The van der Waals surface area contributed by atoms with Crippen LogP contribution in [0.25, 0.3) is 0 Å². The lowest BCUT2D eigenvalue weighted by atomic mass is 10.1. The molecular weight excluding hydrogens is 278 g/mol. The Morgan fingerprint density at radius 2 is 2.37 bits per heavy atom. The van der Waals surface area contributed by atoms with E-state index in [1.807, 2.05) is 24.5 Å². The Hall–Kier alpha value is -1.27. The van der Waals surface area contributed by atoms with Gasteiger partial charge in [-0.2, -0.15) is 0 Å². The Morgan fingerprint density at radius 3 is 2.95 bits per heavy atom. The molecule has 0 aliphatic carbocycles. The third-order valence-electron chi connectivity index (χ3n) is 3.12. The number of amides is 1. The number of thiocarbonyl (C=S) groups is 1. The molecule has 0 spiro atoms. The first kappa shape index (κ1) is 14.1. The smallest absolute Gasteiger partial charge is 0.220 e. The van der Waals surface area contributed by atoms with Gasteiger partial charge >= 0.3 is 0 Å². The van der Waals surface area contributed by atoms with Crippen molar-refractivity contribution >= 4 is 40.6 Å². The van der Waals surface area contributed by atoms with E-state index in [2.05, 4.69) is 10.6 Å². The van der Waals surface area contributed by atoms with Crippen LogP contribution >= 0.6 is 24.0 Å². The molecule has 1 aliphatic rings. The number of nitrogens with two attached hydrogens (primary N) is 1. The molecule has 4 nitrogen and oxygen atoms in total. The maximum atomic E-state index is 11.2. The predicted molar refractivity (Wildman–Crippen MR) is 83.8 cm³/mol. The van der Waals surface area contributed by atoms with Crippen LogP contribution in [-0.2, 0) is 4.79 Å². The molecule has 6 heteroatoms. The van der Waals surface area contributed by atoms with Crippen LogP contribution in [0.1, 0.15) is 18.4 Å². The number of carbonyl (C=O) groups excluding carboxylic acids is 1. The van der Waals surface area contributed by atoms with Crippen molar-refractivity contribution in [2.45, 2.75) is 23.8 Å². The molecule has 1 atom stereocenters. The van der Waals surface area contributed by atoms with Gasteiger partial charge in [0, 0.05) is 35.2 Å². The molecule has 1 saturated heterocycles. The molecule has 1 aliphatic heterocycles. The zero-order valence-corrected chi connectivity index (χ0v) is 12.4. The van der Waals surface area contributed by atoms with E-state index < -0.39 is 0 Å². The van der Waals surface area contributed by atoms with Gasteiger partial charge in [0.15, 0.2) is 0 Å². The Labute approximate surface area is 122 Å². The van der Waals surface area contributed by atoms with Gasteiger partial charge in [-0.1, -0.05) is 18.3 Å². The summed E-state index contributed by atoms with van der Waals surface area (Å²) in [6.45, 7) is 0.638. The highest BCUT2D eigenvalue weighted by atomic mass is 32.2. The van der Waals surface area contributed by atoms with Crippen LogP contribution in [0.5, 0.6) is 0 Å². The minimum atomic E-state index is 0.116. The topological polar surface area (TPSA) is 67.2 Å². The summed E-state index contributed by atoms with van der Waals surface area (Å²) >= 11 is 6.77. The third kappa shape index (κ3) is 3.39. The summed E-state index contributed by atoms with van der Waals surface area (Å²) in [5, 5.41) is 6.29. The molecule has 1 unspecified atom stereocenters. The number of hydrogen-bond acceptors (Lipinski definition) is 4. The molecule has 19 heavy (non-hydrogen) atoms. The van der Waals surface area contributed by atoms with Crippen LogP contribution < -0.4 is 16.4 Å². The maximum absolute atomic E-state index is 11.2. The summed E-state index contributed by atoms with van der Waals surface area (Å²) < 4.78 is 0. The largest absolute Gasteiger partial charge is 0.389 e. The van der Waals surface area contributed by atoms with Crippen molar-refractivity contribution < 1.29 is 4.79 Å². The lowest BCUT2D eigenvalue weighted by Gasteiger charge is -2.26. The second kappa shape index (κ2) is 6.25. The minimum absolute atomic E-state index is 0.116.